The Balaban J connectivity index is 2.41. The van der Waals surface area contributed by atoms with E-state index in [2.05, 4.69) is 4.98 Å². The number of nitrogens with zero attached hydrogens (tertiary/aromatic N) is 1. The first-order chi connectivity index (χ1) is 10.5. The highest BCUT2D eigenvalue weighted by atomic mass is 35.5. The second-order valence-electron chi connectivity index (χ2n) is 4.10. The lowest BCUT2D eigenvalue weighted by Gasteiger charge is -2.12. The molecule has 0 saturated heterocycles. The average Bonchev–Trinajstić information content (AvgIpc) is 2.50. The number of rotatable bonds is 5. The first-order valence-electron chi connectivity index (χ1n) is 6.40. The number of hydrogen-bond acceptors (Lipinski definition) is 5. The van der Waals surface area contributed by atoms with Crippen LogP contribution < -0.4 is 9.47 Å². The Labute approximate surface area is 137 Å². The third-order valence-electron chi connectivity index (χ3n) is 2.63. The Morgan fingerprint density at radius 2 is 2.00 bits per heavy atom. The molecule has 1 aromatic carbocycles. The normalized spacial score (nSPS) is 10.2. The molecule has 0 bridgehead atoms. The molecule has 0 radical (unpaired) electrons. The number of esters is 1. The summed E-state index contributed by atoms with van der Waals surface area (Å²) < 4.78 is 15.6. The van der Waals surface area contributed by atoms with Crippen molar-refractivity contribution in [3.63, 3.8) is 0 Å². The van der Waals surface area contributed by atoms with Crippen LogP contribution in [0.25, 0.3) is 0 Å². The number of benzene rings is 1. The van der Waals surface area contributed by atoms with E-state index in [9.17, 15) is 4.79 Å². The summed E-state index contributed by atoms with van der Waals surface area (Å²) in [6, 6.07) is 7.81. The Bertz CT molecular complexity index is 691. The predicted octanol–water partition coefficient (Wildman–Crippen LogP) is 4.37. The van der Waals surface area contributed by atoms with Gasteiger partial charge in [0.15, 0.2) is 0 Å². The van der Waals surface area contributed by atoms with Gasteiger partial charge in [-0.1, -0.05) is 23.2 Å². The van der Waals surface area contributed by atoms with Gasteiger partial charge in [0.2, 0.25) is 11.8 Å². The molecule has 1 aromatic heterocycles. The molecule has 2 aromatic rings. The molecule has 0 aliphatic heterocycles. The van der Waals surface area contributed by atoms with Crippen LogP contribution in [0.1, 0.15) is 17.3 Å². The monoisotopic (exact) mass is 341 g/mol. The van der Waals surface area contributed by atoms with Crippen LogP contribution in [0.3, 0.4) is 0 Å². The lowest BCUT2D eigenvalue weighted by atomic mass is 10.2. The third kappa shape index (κ3) is 3.81. The van der Waals surface area contributed by atoms with Gasteiger partial charge in [-0.15, -0.1) is 0 Å². The number of carbonyl (C=O) groups excluding carboxylic acids is 1. The van der Waals surface area contributed by atoms with E-state index < -0.39 is 5.97 Å². The van der Waals surface area contributed by atoms with Gasteiger partial charge in [-0.3, -0.25) is 0 Å². The van der Waals surface area contributed by atoms with Gasteiger partial charge < -0.3 is 14.2 Å². The summed E-state index contributed by atoms with van der Waals surface area (Å²) in [4.78, 5) is 15.9. The molecule has 0 unspecified atom stereocenters. The second-order valence-corrected chi connectivity index (χ2v) is 4.95. The molecule has 5 nitrogen and oxygen atoms in total. The number of carbonyl (C=O) groups is 1. The SMILES string of the molecule is CCOc1ccc(C(=O)OC)c(Oc2ccc(Cl)cc2Cl)n1. The summed E-state index contributed by atoms with van der Waals surface area (Å²) in [5, 5.41) is 0.772. The number of methoxy groups -OCH3 is 1. The fourth-order valence-corrected chi connectivity index (χ4v) is 2.10. The van der Waals surface area contributed by atoms with E-state index in [4.69, 9.17) is 37.4 Å². The van der Waals surface area contributed by atoms with Crippen molar-refractivity contribution in [2.45, 2.75) is 6.92 Å². The highest BCUT2D eigenvalue weighted by molar-refractivity contribution is 6.35. The van der Waals surface area contributed by atoms with Crippen LogP contribution in [0.2, 0.25) is 10.0 Å². The number of aromatic nitrogens is 1. The van der Waals surface area contributed by atoms with Crippen LogP contribution in [0.4, 0.5) is 0 Å². The Morgan fingerprint density at radius 3 is 2.64 bits per heavy atom. The zero-order chi connectivity index (χ0) is 16.1. The second kappa shape index (κ2) is 7.33. The fraction of sp³-hybridized carbons (Fsp3) is 0.200. The highest BCUT2D eigenvalue weighted by Crippen LogP contribution is 2.33. The number of hydrogen-bond donors (Lipinski definition) is 0. The van der Waals surface area contributed by atoms with Crippen molar-refractivity contribution in [2.24, 2.45) is 0 Å². The first kappa shape index (κ1) is 16.4. The van der Waals surface area contributed by atoms with Gasteiger partial charge in [-0.25, -0.2) is 4.79 Å². The topological polar surface area (TPSA) is 57.7 Å². The van der Waals surface area contributed by atoms with Gasteiger partial charge in [0.25, 0.3) is 0 Å². The third-order valence-corrected chi connectivity index (χ3v) is 3.16. The first-order valence-corrected chi connectivity index (χ1v) is 7.15. The van der Waals surface area contributed by atoms with Crippen LogP contribution in [0, 0.1) is 0 Å². The lowest BCUT2D eigenvalue weighted by Crippen LogP contribution is -2.06. The van der Waals surface area contributed by atoms with Gasteiger partial charge >= 0.3 is 5.97 Å². The molecule has 22 heavy (non-hydrogen) atoms. The molecular weight excluding hydrogens is 329 g/mol. The van der Waals surface area contributed by atoms with Crippen molar-refractivity contribution in [3.05, 3.63) is 45.9 Å². The highest BCUT2D eigenvalue weighted by Gasteiger charge is 2.18. The van der Waals surface area contributed by atoms with E-state index in [1.54, 1.807) is 18.2 Å². The molecular formula is C15H13Cl2NO4. The van der Waals surface area contributed by atoms with Crippen LogP contribution in [0.15, 0.2) is 30.3 Å². The van der Waals surface area contributed by atoms with E-state index >= 15 is 0 Å². The molecule has 0 amide bonds. The Hall–Kier alpha value is -1.98. The lowest BCUT2D eigenvalue weighted by molar-refractivity contribution is 0.0597. The molecule has 116 valence electrons. The van der Waals surface area contributed by atoms with Crippen molar-refractivity contribution in [3.8, 4) is 17.5 Å². The molecule has 1 heterocycles. The minimum absolute atomic E-state index is 0.0435. The minimum atomic E-state index is -0.573. The smallest absolute Gasteiger partial charge is 0.343 e. The molecule has 0 fully saturated rings. The van der Waals surface area contributed by atoms with Crippen molar-refractivity contribution in [1.82, 2.24) is 4.98 Å². The van der Waals surface area contributed by atoms with E-state index in [0.29, 0.717) is 28.3 Å². The summed E-state index contributed by atoms with van der Waals surface area (Å²) in [6.45, 7) is 2.26. The maximum atomic E-state index is 11.8. The Kier molecular flexibility index (Phi) is 5.46. The number of halogens is 2. The predicted molar refractivity (Wildman–Crippen MR) is 83.3 cm³/mol. The van der Waals surface area contributed by atoms with E-state index in [1.807, 2.05) is 6.92 Å². The van der Waals surface area contributed by atoms with E-state index in [1.165, 1.54) is 19.2 Å². The van der Waals surface area contributed by atoms with Gasteiger partial charge in [-0.05, 0) is 31.2 Å². The van der Waals surface area contributed by atoms with Gasteiger partial charge in [0.1, 0.15) is 11.3 Å². The van der Waals surface area contributed by atoms with Crippen LogP contribution in [0.5, 0.6) is 17.5 Å². The molecule has 0 aliphatic carbocycles. The largest absolute Gasteiger partial charge is 0.478 e. The molecule has 0 N–H and O–H groups in total. The quantitative estimate of drug-likeness (QED) is 0.756. The van der Waals surface area contributed by atoms with Crippen molar-refractivity contribution >= 4 is 29.2 Å². The number of ether oxygens (including phenoxy) is 3. The van der Waals surface area contributed by atoms with Crippen LogP contribution in [-0.2, 0) is 4.74 Å². The number of pyridine rings is 1. The average molecular weight is 342 g/mol. The summed E-state index contributed by atoms with van der Waals surface area (Å²) in [7, 11) is 1.28. The van der Waals surface area contributed by atoms with Gasteiger partial charge in [-0.2, -0.15) is 4.98 Å². The summed E-state index contributed by atoms with van der Waals surface area (Å²) in [5.74, 6) is 0.116. The molecule has 0 atom stereocenters. The van der Waals surface area contributed by atoms with E-state index in [0.717, 1.165) is 0 Å². The zero-order valence-electron chi connectivity index (χ0n) is 11.9. The Morgan fingerprint density at radius 1 is 1.23 bits per heavy atom. The summed E-state index contributed by atoms with van der Waals surface area (Å²) in [5.41, 5.74) is 0.164. The van der Waals surface area contributed by atoms with Crippen LogP contribution >= 0.6 is 23.2 Å². The maximum Gasteiger partial charge on any atom is 0.343 e. The standard InChI is InChI=1S/C15H13Cl2NO4/c1-3-21-13-7-5-10(15(19)20-2)14(18-13)22-12-6-4-9(16)8-11(12)17/h4-8H,3H2,1-2H3. The zero-order valence-corrected chi connectivity index (χ0v) is 13.4. The summed E-state index contributed by atoms with van der Waals surface area (Å²) >= 11 is 11.9. The van der Waals surface area contributed by atoms with E-state index in [-0.39, 0.29) is 11.4 Å². The van der Waals surface area contributed by atoms with Gasteiger partial charge in [0, 0.05) is 11.1 Å². The molecule has 0 saturated carbocycles. The minimum Gasteiger partial charge on any atom is -0.478 e. The van der Waals surface area contributed by atoms with Crippen molar-refractivity contribution < 1.29 is 19.0 Å². The molecule has 0 aliphatic rings. The molecule has 7 heteroatoms. The van der Waals surface area contributed by atoms with Crippen molar-refractivity contribution in [2.75, 3.05) is 13.7 Å². The van der Waals surface area contributed by atoms with Crippen LogP contribution in [-0.4, -0.2) is 24.7 Å². The summed E-state index contributed by atoms with van der Waals surface area (Å²) in [6.07, 6.45) is 0. The maximum absolute atomic E-state index is 11.8. The molecule has 2 rings (SSSR count). The van der Waals surface area contributed by atoms with Gasteiger partial charge in [0.05, 0.1) is 18.7 Å². The van der Waals surface area contributed by atoms with Crippen molar-refractivity contribution in [1.29, 1.82) is 0 Å². The molecule has 0 spiro atoms. The fourth-order valence-electron chi connectivity index (χ4n) is 1.66.